The summed E-state index contributed by atoms with van der Waals surface area (Å²) in [5.74, 6) is 1.25. The van der Waals surface area contributed by atoms with Gasteiger partial charge < -0.3 is 4.74 Å². The molecule has 1 heterocycles. The molecule has 0 fully saturated rings. The van der Waals surface area contributed by atoms with Crippen molar-refractivity contribution in [3.63, 3.8) is 0 Å². The van der Waals surface area contributed by atoms with Crippen LogP contribution in [0.5, 0.6) is 5.75 Å². The van der Waals surface area contributed by atoms with Crippen LogP contribution in [0.4, 0.5) is 0 Å². The lowest BCUT2D eigenvalue weighted by Crippen LogP contribution is -2.20. The van der Waals surface area contributed by atoms with Gasteiger partial charge in [-0.05, 0) is 48.0 Å². The first-order chi connectivity index (χ1) is 10.1. The third kappa shape index (κ3) is 1.91. The van der Waals surface area contributed by atoms with Gasteiger partial charge in [-0.2, -0.15) is 0 Å². The van der Waals surface area contributed by atoms with Crippen LogP contribution >= 0.6 is 11.6 Å². The van der Waals surface area contributed by atoms with E-state index in [2.05, 4.69) is 0 Å². The summed E-state index contributed by atoms with van der Waals surface area (Å²) < 4.78 is 5.98. The van der Waals surface area contributed by atoms with Gasteiger partial charge in [0.15, 0.2) is 5.78 Å². The Hall–Kier alpha value is -1.74. The van der Waals surface area contributed by atoms with Crippen molar-refractivity contribution in [1.82, 2.24) is 0 Å². The van der Waals surface area contributed by atoms with Gasteiger partial charge in [0.05, 0.1) is 0 Å². The lowest BCUT2D eigenvalue weighted by Gasteiger charge is -2.28. The molecule has 1 unspecified atom stereocenters. The highest BCUT2D eigenvalue weighted by Gasteiger charge is 2.29. The number of fused-ring (bicyclic) bond motifs is 5. The van der Waals surface area contributed by atoms with Crippen molar-refractivity contribution in [3.8, 4) is 16.9 Å². The summed E-state index contributed by atoms with van der Waals surface area (Å²) in [6.07, 6.45) is 1.81. The van der Waals surface area contributed by atoms with Gasteiger partial charge in [-0.15, -0.1) is 0 Å². The van der Waals surface area contributed by atoms with Crippen LogP contribution in [0.3, 0.4) is 0 Å². The number of ketones is 1. The average molecular weight is 297 g/mol. The van der Waals surface area contributed by atoms with E-state index in [0.717, 1.165) is 51.4 Å². The molecule has 0 saturated carbocycles. The van der Waals surface area contributed by atoms with Crippen LogP contribution in [0.15, 0.2) is 30.3 Å². The summed E-state index contributed by atoms with van der Waals surface area (Å²) in [4.78, 5) is 12.3. The molecule has 2 aromatic rings. The molecule has 0 saturated heterocycles. The first kappa shape index (κ1) is 13.0. The highest BCUT2D eigenvalue weighted by Crippen LogP contribution is 2.44. The highest BCUT2D eigenvalue weighted by atomic mass is 35.5. The van der Waals surface area contributed by atoms with E-state index < -0.39 is 0 Å². The number of hydrogen-bond acceptors (Lipinski definition) is 2. The average Bonchev–Trinajstić information content (AvgIpc) is 2.49. The second-order valence-electron chi connectivity index (χ2n) is 5.86. The zero-order chi connectivity index (χ0) is 14.6. The molecule has 0 N–H and O–H groups in total. The molecule has 4 heteroatoms. The Morgan fingerprint density at radius 3 is 2.76 bits per heavy atom. The molecule has 0 aromatic heterocycles. The maximum Gasteiger partial charge on any atom is 0.158 e. The molecule has 0 spiro atoms. The van der Waals surface area contributed by atoms with Crippen molar-refractivity contribution in [2.45, 2.75) is 25.3 Å². The summed E-state index contributed by atoms with van der Waals surface area (Å²) >= 11 is 6.05. The second kappa shape index (κ2) is 4.64. The zero-order valence-corrected chi connectivity index (χ0v) is 12.5. The number of Topliss-reactive ketones (excluding diaryl/α,β-unsaturated/α-hetero) is 1. The van der Waals surface area contributed by atoms with E-state index in [9.17, 15) is 4.79 Å². The molecule has 1 aliphatic carbocycles. The Kier molecular flexibility index (Phi) is 2.86. The molecule has 1 atom stereocenters. The van der Waals surface area contributed by atoms with Gasteiger partial charge in [-0.1, -0.05) is 23.7 Å². The van der Waals surface area contributed by atoms with E-state index in [0.29, 0.717) is 6.61 Å². The summed E-state index contributed by atoms with van der Waals surface area (Å²) in [6, 6.07) is 9.86. The summed E-state index contributed by atoms with van der Waals surface area (Å²) in [7, 11) is 2.00. The minimum atomic E-state index is 0.116. The van der Waals surface area contributed by atoms with Gasteiger partial charge in [-0.25, -0.2) is 0 Å². The third-order valence-electron chi connectivity index (χ3n) is 4.53. The number of ether oxygens (including phenoxy) is 1. The largest absolute Gasteiger partial charge is 0.488 e. The smallest absolute Gasteiger partial charge is 0.158 e. The maximum absolute atomic E-state index is 12.3. The van der Waals surface area contributed by atoms with Crippen molar-refractivity contribution in [2.24, 2.45) is 0 Å². The fraction of sp³-hybridized carbons (Fsp3) is 0.235. The molecule has 0 radical (unpaired) electrons. The van der Waals surface area contributed by atoms with Crippen molar-refractivity contribution < 1.29 is 9.53 Å². The Balaban J connectivity index is 1.92. The molecule has 4 rings (SSSR count). The van der Waals surface area contributed by atoms with Crippen molar-refractivity contribution in [3.05, 3.63) is 52.0 Å². The lowest BCUT2D eigenvalue weighted by molar-refractivity contribution is 0.0972. The van der Waals surface area contributed by atoms with Crippen LogP contribution < -0.4 is 4.74 Å². The highest BCUT2D eigenvalue weighted by molar-refractivity contribution is 6.30. The van der Waals surface area contributed by atoms with Gasteiger partial charge in [0.25, 0.3) is 0 Å². The van der Waals surface area contributed by atoms with E-state index in [4.69, 9.17) is 16.3 Å². The number of carbonyl (C=O) groups is 1. The quantitative estimate of drug-likeness (QED) is 0.696. The Morgan fingerprint density at radius 2 is 1.90 bits per heavy atom. The van der Waals surface area contributed by atoms with Crippen molar-refractivity contribution in [2.75, 3.05) is 0 Å². The van der Waals surface area contributed by atoms with Gasteiger partial charge in [-0.3, -0.25) is 4.79 Å². The van der Waals surface area contributed by atoms with Gasteiger partial charge in [0.1, 0.15) is 20.2 Å². The molecule has 0 amide bonds. The van der Waals surface area contributed by atoms with Crippen LogP contribution in [0, 0.1) is 0 Å². The van der Waals surface area contributed by atoms with Crippen LogP contribution in [0.1, 0.15) is 27.9 Å². The first-order valence-electron chi connectivity index (χ1n) is 7.27. The standard InChI is InChI=1S/C17H14BClO2/c18-15-6-5-14-12(16(15)20)3-4-13-11-2-1-10(19)7-9(11)8-21-17(13)14/h1-4,7,15H,5-6,8,18H2. The molecular formula is C17H14BClO2. The fourth-order valence-corrected chi connectivity index (χ4v) is 3.53. The molecule has 2 nitrogen and oxygen atoms in total. The van der Waals surface area contributed by atoms with E-state index >= 15 is 0 Å². The second-order valence-corrected chi connectivity index (χ2v) is 6.30. The van der Waals surface area contributed by atoms with Crippen molar-refractivity contribution >= 4 is 25.2 Å². The lowest BCUT2D eigenvalue weighted by atomic mass is 9.71. The predicted octanol–water partition coefficient (Wildman–Crippen LogP) is 3.45. The Bertz CT molecular complexity index is 770. The van der Waals surface area contributed by atoms with E-state index in [1.807, 2.05) is 38.2 Å². The van der Waals surface area contributed by atoms with E-state index in [1.54, 1.807) is 0 Å². The summed E-state index contributed by atoms with van der Waals surface area (Å²) in [5, 5.41) is 0.725. The summed E-state index contributed by atoms with van der Waals surface area (Å²) in [5.41, 5.74) is 5.26. The molecule has 1 aliphatic heterocycles. The monoisotopic (exact) mass is 296 g/mol. The van der Waals surface area contributed by atoms with Crippen molar-refractivity contribution in [1.29, 1.82) is 0 Å². The van der Waals surface area contributed by atoms with Crippen LogP contribution in [0.25, 0.3) is 11.1 Å². The Morgan fingerprint density at radius 1 is 1.14 bits per heavy atom. The van der Waals surface area contributed by atoms with E-state index in [-0.39, 0.29) is 11.6 Å². The van der Waals surface area contributed by atoms with Crippen LogP contribution in [-0.2, 0) is 13.0 Å². The molecule has 2 aromatic carbocycles. The molecular weight excluding hydrogens is 282 g/mol. The molecule has 0 bridgehead atoms. The third-order valence-corrected chi connectivity index (χ3v) is 4.77. The van der Waals surface area contributed by atoms with Gasteiger partial charge >= 0.3 is 0 Å². The normalized spacial score (nSPS) is 19.3. The minimum absolute atomic E-state index is 0.116. The number of rotatable bonds is 0. The molecule has 21 heavy (non-hydrogen) atoms. The Labute approximate surface area is 129 Å². The topological polar surface area (TPSA) is 26.3 Å². The predicted molar refractivity (Wildman–Crippen MR) is 86.2 cm³/mol. The number of hydrogen-bond donors (Lipinski definition) is 0. The van der Waals surface area contributed by atoms with E-state index in [1.165, 1.54) is 0 Å². The molecule has 2 aliphatic rings. The van der Waals surface area contributed by atoms with Crippen LogP contribution in [0.2, 0.25) is 10.8 Å². The number of benzene rings is 2. The van der Waals surface area contributed by atoms with Gasteiger partial charge in [0, 0.05) is 21.7 Å². The van der Waals surface area contributed by atoms with Gasteiger partial charge in [0.2, 0.25) is 0 Å². The first-order valence-corrected chi connectivity index (χ1v) is 7.64. The molecule has 104 valence electrons. The number of carbonyl (C=O) groups excluding carboxylic acids is 1. The number of halogens is 1. The minimum Gasteiger partial charge on any atom is -0.488 e. The van der Waals surface area contributed by atoms with Crippen LogP contribution in [-0.4, -0.2) is 13.6 Å². The SMILES string of the molecule is BC1CCc2c(ccc3c2OCc2cc(Cl)ccc2-3)C1=O. The maximum atomic E-state index is 12.3. The summed E-state index contributed by atoms with van der Waals surface area (Å²) in [6.45, 7) is 0.517. The fourth-order valence-electron chi connectivity index (χ4n) is 3.34. The zero-order valence-electron chi connectivity index (χ0n) is 11.8.